The molecule has 0 aliphatic rings. The van der Waals surface area contributed by atoms with Gasteiger partial charge in [-0.1, -0.05) is 37.3 Å². The lowest BCUT2D eigenvalue weighted by atomic mass is 9.93. The molecule has 19 heavy (non-hydrogen) atoms. The number of hydrogen-bond acceptors (Lipinski definition) is 1. The summed E-state index contributed by atoms with van der Waals surface area (Å²) in [7, 11) is 0. The Balaban J connectivity index is 2.93. The molecule has 2 nitrogen and oxygen atoms in total. The Morgan fingerprint density at radius 1 is 1.32 bits per heavy atom. The number of amides is 1. The van der Waals surface area contributed by atoms with E-state index in [2.05, 4.69) is 26.0 Å². The number of hydrogen-bond donors (Lipinski definition) is 0. The van der Waals surface area contributed by atoms with Gasteiger partial charge in [-0.15, -0.1) is 11.6 Å². The maximum atomic E-state index is 12.6. The summed E-state index contributed by atoms with van der Waals surface area (Å²) in [5.74, 6) is 0.466. The molecule has 0 saturated heterocycles. The number of benzene rings is 1. The normalized spacial score (nSPS) is 13.1. The fourth-order valence-electron chi connectivity index (χ4n) is 1.87. The molecule has 106 valence electrons. The second-order valence-electron chi connectivity index (χ2n) is 5.69. The monoisotopic (exact) mass is 281 g/mol. The second kappa shape index (κ2) is 6.95. The fourth-order valence-corrected chi connectivity index (χ4v) is 1.99. The van der Waals surface area contributed by atoms with Gasteiger partial charge in [0.25, 0.3) is 0 Å². The highest BCUT2D eigenvalue weighted by Crippen LogP contribution is 2.24. The summed E-state index contributed by atoms with van der Waals surface area (Å²) in [6.07, 6.45) is 0.941. The van der Waals surface area contributed by atoms with Gasteiger partial charge in [0.15, 0.2) is 0 Å². The van der Waals surface area contributed by atoms with Crippen molar-refractivity contribution in [3.63, 3.8) is 0 Å². The van der Waals surface area contributed by atoms with E-state index < -0.39 is 5.41 Å². The average Bonchev–Trinajstić information content (AvgIpc) is 2.44. The number of carbonyl (C=O) groups is 1. The SMILES string of the molecule is CCC(C)N(Cc1ccccc1)C(=O)C(C)(C)CCl. The lowest BCUT2D eigenvalue weighted by Crippen LogP contribution is -2.45. The molecular weight excluding hydrogens is 258 g/mol. The van der Waals surface area contributed by atoms with Gasteiger partial charge in [-0.3, -0.25) is 4.79 Å². The lowest BCUT2D eigenvalue weighted by Gasteiger charge is -2.35. The average molecular weight is 282 g/mol. The van der Waals surface area contributed by atoms with Gasteiger partial charge < -0.3 is 4.90 Å². The Labute approximate surface area is 121 Å². The molecule has 0 aromatic heterocycles. The molecule has 0 spiro atoms. The van der Waals surface area contributed by atoms with Crippen molar-refractivity contribution in [2.45, 2.75) is 46.7 Å². The summed E-state index contributed by atoms with van der Waals surface area (Å²) in [6, 6.07) is 10.3. The third-order valence-electron chi connectivity index (χ3n) is 3.49. The van der Waals surface area contributed by atoms with Crippen LogP contribution >= 0.6 is 11.6 Å². The molecule has 0 heterocycles. The molecule has 1 rings (SSSR count). The van der Waals surface area contributed by atoms with Crippen LogP contribution in [0.25, 0.3) is 0 Å². The van der Waals surface area contributed by atoms with Crippen molar-refractivity contribution < 1.29 is 4.79 Å². The summed E-state index contributed by atoms with van der Waals surface area (Å²) in [6.45, 7) is 8.65. The second-order valence-corrected chi connectivity index (χ2v) is 5.96. The molecular formula is C16H24ClNO. The van der Waals surface area contributed by atoms with Crippen molar-refractivity contribution >= 4 is 17.5 Å². The zero-order valence-electron chi connectivity index (χ0n) is 12.3. The summed E-state index contributed by atoms with van der Waals surface area (Å²) in [4.78, 5) is 14.6. The molecule has 3 heteroatoms. The summed E-state index contributed by atoms with van der Waals surface area (Å²) >= 11 is 5.94. The predicted molar refractivity (Wildman–Crippen MR) is 81.2 cm³/mol. The van der Waals surface area contributed by atoms with Crippen molar-refractivity contribution in [3.05, 3.63) is 35.9 Å². The first-order chi connectivity index (χ1) is 8.92. The molecule has 1 atom stereocenters. The molecule has 0 N–H and O–H groups in total. The maximum absolute atomic E-state index is 12.6. The van der Waals surface area contributed by atoms with E-state index in [1.54, 1.807) is 0 Å². The third-order valence-corrected chi connectivity index (χ3v) is 4.16. The molecule has 0 aliphatic heterocycles. The van der Waals surface area contributed by atoms with Crippen LogP contribution in [0, 0.1) is 5.41 Å². The number of alkyl halides is 1. The van der Waals surface area contributed by atoms with Crippen molar-refractivity contribution in [2.24, 2.45) is 5.41 Å². The van der Waals surface area contributed by atoms with E-state index in [4.69, 9.17) is 11.6 Å². The van der Waals surface area contributed by atoms with Gasteiger partial charge in [-0.05, 0) is 32.8 Å². The van der Waals surface area contributed by atoms with Crippen LogP contribution < -0.4 is 0 Å². The highest BCUT2D eigenvalue weighted by Gasteiger charge is 2.33. The first-order valence-electron chi connectivity index (χ1n) is 6.83. The molecule has 1 aromatic rings. The van der Waals surface area contributed by atoms with Gasteiger partial charge in [0.05, 0.1) is 5.41 Å². The van der Waals surface area contributed by atoms with E-state index in [9.17, 15) is 4.79 Å². The Bertz CT molecular complexity index is 402. The van der Waals surface area contributed by atoms with Gasteiger partial charge in [-0.2, -0.15) is 0 Å². The van der Waals surface area contributed by atoms with E-state index >= 15 is 0 Å². The zero-order chi connectivity index (χ0) is 14.5. The van der Waals surface area contributed by atoms with Crippen LogP contribution in [0.2, 0.25) is 0 Å². The van der Waals surface area contributed by atoms with E-state index in [0.717, 1.165) is 12.0 Å². The Hall–Kier alpha value is -1.02. The van der Waals surface area contributed by atoms with E-state index in [-0.39, 0.29) is 11.9 Å². The number of nitrogens with zero attached hydrogens (tertiary/aromatic N) is 1. The molecule has 0 saturated carbocycles. The molecule has 1 unspecified atom stereocenters. The predicted octanol–water partition coefficient (Wildman–Crippen LogP) is 4.08. The topological polar surface area (TPSA) is 20.3 Å². The third kappa shape index (κ3) is 4.24. The van der Waals surface area contributed by atoms with Gasteiger partial charge in [0.2, 0.25) is 5.91 Å². The molecule has 0 fully saturated rings. The van der Waals surface area contributed by atoms with Crippen LogP contribution in [-0.2, 0) is 11.3 Å². The first kappa shape index (κ1) is 16.0. The van der Waals surface area contributed by atoms with Crippen molar-refractivity contribution in [1.82, 2.24) is 4.90 Å². The molecule has 0 bridgehead atoms. The van der Waals surface area contributed by atoms with Gasteiger partial charge in [0, 0.05) is 18.5 Å². The number of halogens is 1. The Morgan fingerprint density at radius 2 is 1.89 bits per heavy atom. The summed E-state index contributed by atoms with van der Waals surface area (Å²) < 4.78 is 0. The molecule has 1 aromatic carbocycles. The highest BCUT2D eigenvalue weighted by atomic mass is 35.5. The van der Waals surface area contributed by atoms with Gasteiger partial charge >= 0.3 is 0 Å². The fraction of sp³-hybridized carbons (Fsp3) is 0.562. The highest BCUT2D eigenvalue weighted by molar-refractivity contribution is 6.19. The van der Waals surface area contributed by atoms with Crippen LogP contribution in [0.3, 0.4) is 0 Å². The Kier molecular flexibility index (Phi) is 5.86. The van der Waals surface area contributed by atoms with Crippen LogP contribution in [0.15, 0.2) is 30.3 Å². The van der Waals surface area contributed by atoms with Crippen LogP contribution in [0.4, 0.5) is 0 Å². The van der Waals surface area contributed by atoms with Gasteiger partial charge in [-0.25, -0.2) is 0 Å². The minimum Gasteiger partial charge on any atom is -0.335 e. The Morgan fingerprint density at radius 3 is 2.37 bits per heavy atom. The molecule has 0 aliphatic carbocycles. The van der Waals surface area contributed by atoms with Crippen LogP contribution in [0.1, 0.15) is 39.7 Å². The molecule has 1 amide bonds. The zero-order valence-corrected chi connectivity index (χ0v) is 13.1. The van der Waals surface area contributed by atoms with Crippen LogP contribution in [-0.4, -0.2) is 22.7 Å². The summed E-state index contributed by atoms with van der Waals surface area (Å²) in [5.41, 5.74) is 0.640. The van der Waals surface area contributed by atoms with E-state index in [1.165, 1.54) is 0 Å². The van der Waals surface area contributed by atoms with Crippen molar-refractivity contribution in [3.8, 4) is 0 Å². The van der Waals surface area contributed by atoms with Crippen molar-refractivity contribution in [2.75, 3.05) is 5.88 Å². The number of carbonyl (C=O) groups excluding carboxylic acids is 1. The smallest absolute Gasteiger partial charge is 0.229 e. The minimum atomic E-state index is -0.514. The number of rotatable bonds is 6. The van der Waals surface area contributed by atoms with Crippen molar-refractivity contribution in [1.29, 1.82) is 0 Å². The van der Waals surface area contributed by atoms with E-state index in [0.29, 0.717) is 12.4 Å². The van der Waals surface area contributed by atoms with E-state index in [1.807, 2.05) is 36.9 Å². The standard InChI is InChI=1S/C16H24ClNO/c1-5-13(2)18(15(19)16(3,4)12-17)11-14-9-7-6-8-10-14/h6-10,13H,5,11-12H2,1-4H3. The first-order valence-corrected chi connectivity index (χ1v) is 7.36. The lowest BCUT2D eigenvalue weighted by molar-refractivity contribution is -0.142. The van der Waals surface area contributed by atoms with Crippen LogP contribution in [0.5, 0.6) is 0 Å². The minimum absolute atomic E-state index is 0.126. The summed E-state index contributed by atoms with van der Waals surface area (Å²) in [5, 5.41) is 0. The molecule has 0 radical (unpaired) electrons. The maximum Gasteiger partial charge on any atom is 0.229 e. The van der Waals surface area contributed by atoms with Gasteiger partial charge in [0.1, 0.15) is 0 Å². The largest absolute Gasteiger partial charge is 0.335 e. The quantitative estimate of drug-likeness (QED) is 0.720.